The Bertz CT molecular complexity index is 3330. The maximum absolute atomic E-state index is 2.35. The molecule has 11 aromatic rings. The highest BCUT2D eigenvalue weighted by Crippen LogP contribution is 2.58. The smallest absolute Gasteiger partial charge is 0.000719 e. The summed E-state index contributed by atoms with van der Waals surface area (Å²) in [7, 11) is 0. The van der Waals surface area contributed by atoms with E-state index in [-0.39, 0.29) is 0 Å². The third-order valence-electron chi connectivity index (χ3n) is 12.4. The highest BCUT2D eigenvalue weighted by molar-refractivity contribution is 6.29. The summed E-state index contributed by atoms with van der Waals surface area (Å²) >= 11 is 0. The molecule has 58 heavy (non-hydrogen) atoms. The molecule has 0 aromatic heterocycles. The molecule has 268 valence electrons. The van der Waals surface area contributed by atoms with Crippen molar-refractivity contribution in [1.29, 1.82) is 0 Å². The fourth-order valence-electron chi connectivity index (χ4n) is 10.0. The van der Waals surface area contributed by atoms with Gasteiger partial charge in [0.1, 0.15) is 0 Å². The minimum absolute atomic E-state index is 1.20. The summed E-state index contributed by atoms with van der Waals surface area (Å²) in [5.41, 5.74) is 17.8. The van der Waals surface area contributed by atoms with Crippen molar-refractivity contribution in [3.05, 3.63) is 218 Å². The van der Waals surface area contributed by atoms with E-state index in [9.17, 15) is 0 Å². The Morgan fingerprint density at radius 1 is 0.172 bits per heavy atom. The highest BCUT2D eigenvalue weighted by Gasteiger charge is 2.31. The van der Waals surface area contributed by atoms with Gasteiger partial charge in [-0.3, -0.25) is 0 Å². The lowest BCUT2D eigenvalue weighted by molar-refractivity contribution is 1.60. The summed E-state index contributed by atoms with van der Waals surface area (Å²) in [6.07, 6.45) is 0. The largest absolute Gasteiger partial charge is 0.0622 e. The van der Waals surface area contributed by atoms with Crippen molar-refractivity contribution in [1.82, 2.24) is 0 Å². The molecule has 0 N–H and O–H groups in total. The molecule has 0 unspecified atom stereocenters. The Hall–Kier alpha value is -7.54. The van der Waals surface area contributed by atoms with Crippen LogP contribution in [0.1, 0.15) is 0 Å². The van der Waals surface area contributed by atoms with Gasteiger partial charge >= 0.3 is 0 Å². The predicted molar refractivity (Wildman–Crippen MR) is 248 cm³/mol. The molecule has 0 saturated heterocycles. The number of rotatable bonds is 5. The quantitative estimate of drug-likeness (QED) is 0.155. The molecule has 11 aromatic carbocycles. The number of hydrogen-bond donors (Lipinski definition) is 0. The topological polar surface area (TPSA) is 0 Å². The molecule has 0 heteroatoms. The lowest BCUT2D eigenvalue weighted by Crippen LogP contribution is -1.95. The lowest BCUT2D eigenvalue weighted by atomic mass is 9.80. The van der Waals surface area contributed by atoms with Crippen molar-refractivity contribution in [2.45, 2.75) is 0 Å². The molecule has 0 atom stereocenters. The molecule has 0 heterocycles. The van der Waals surface area contributed by atoms with Crippen LogP contribution in [0.4, 0.5) is 0 Å². The molecule has 0 amide bonds. The summed E-state index contributed by atoms with van der Waals surface area (Å²) in [6, 6.07) is 80.6. The van der Waals surface area contributed by atoms with Crippen molar-refractivity contribution >= 4 is 43.1 Å². The lowest BCUT2D eigenvalue weighted by Gasteiger charge is -2.23. The zero-order valence-corrected chi connectivity index (χ0v) is 31.8. The van der Waals surface area contributed by atoms with Crippen LogP contribution in [0, 0.1) is 0 Å². The van der Waals surface area contributed by atoms with Crippen LogP contribution in [-0.4, -0.2) is 0 Å². The minimum Gasteiger partial charge on any atom is -0.0622 e. The first kappa shape index (κ1) is 32.7. The van der Waals surface area contributed by atoms with E-state index in [1.807, 2.05) is 0 Å². The first-order chi connectivity index (χ1) is 28.8. The zero-order valence-electron chi connectivity index (χ0n) is 31.8. The second kappa shape index (κ2) is 13.0. The average molecular weight is 733 g/mol. The van der Waals surface area contributed by atoms with Crippen molar-refractivity contribution in [2.24, 2.45) is 0 Å². The van der Waals surface area contributed by atoms with Crippen LogP contribution in [0.2, 0.25) is 0 Å². The molecule has 0 aliphatic heterocycles. The van der Waals surface area contributed by atoms with Gasteiger partial charge in [0.05, 0.1) is 0 Å². The average Bonchev–Trinajstić information content (AvgIpc) is 3.63. The second-order valence-electron chi connectivity index (χ2n) is 15.5. The van der Waals surface area contributed by atoms with Gasteiger partial charge in [0.25, 0.3) is 0 Å². The summed E-state index contributed by atoms with van der Waals surface area (Å²) < 4.78 is 0. The minimum atomic E-state index is 1.20. The van der Waals surface area contributed by atoms with Gasteiger partial charge in [-0.25, -0.2) is 0 Å². The van der Waals surface area contributed by atoms with E-state index in [4.69, 9.17) is 0 Å². The third kappa shape index (κ3) is 4.82. The monoisotopic (exact) mass is 732 g/mol. The van der Waals surface area contributed by atoms with E-state index >= 15 is 0 Å². The zero-order chi connectivity index (χ0) is 38.2. The SMILES string of the molecule is c1ccc(-c2c3ccccc3c(-c3ccc(-c4cccc5c(-c6ccccc6)c6c(c(-c7ccccc7)c45)-c4cccc5cccc-6c45)cc3)c3ccccc23)cc1. The summed E-state index contributed by atoms with van der Waals surface area (Å²) in [5.74, 6) is 0. The number of hydrogen-bond acceptors (Lipinski definition) is 0. The van der Waals surface area contributed by atoms with E-state index < -0.39 is 0 Å². The molecular formula is C58H36. The molecule has 1 aliphatic carbocycles. The molecule has 0 radical (unpaired) electrons. The highest BCUT2D eigenvalue weighted by atomic mass is 14.3. The normalized spacial score (nSPS) is 11.8. The van der Waals surface area contributed by atoms with E-state index in [1.165, 1.54) is 121 Å². The fourth-order valence-corrected chi connectivity index (χ4v) is 10.0. The Labute approximate surface area is 337 Å². The van der Waals surface area contributed by atoms with Crippen LogP contribution >= 0.6 is 0 Å². The maximum Gasteiger partial charge on any atom is -0.000719 e. The van der Waals surface area contributed by atoms with Gasteiger partial charge < -0.3 is 0 Å². The van der Waals surface area contributed by atoms with E-state index in [2.05, 4.69) is 218 Å². The Balaban J connectivity index is 1.14. The van der Waals surface area contributed by atoms with Crippen molar-refractivity contribution in [2.75, 3.05) is 0 Å². The predicted octanol–water partition coefficient (Wildman–Crippen LogP) is 16.3. The van der Waals surface area contributed by atoms with Crippen LogP contribution in [0.3, 0.4) is 0 Å². The summed E-state index contributed by atoms with van der Waals surface area (Å²) in [5, 5.41) is 10.2. The molecule has 0 bridgehead atoms. The van der Waals surface area contributed by atoms with E-state index in [0.29, 0.717) is 0 Å². The number of fused-ring (bicyclic) bond motifs is 6. The van der Waals surface area contributed by atoms with Gasteiger partial charge in [-0.2, -0.15) is 0 Å². The van der Waals surface area contributed by atoms with Gasteiger partial charge in [0.2, 0.25) is 0 Å². The molecule has 0 fully saturated rings. The van der Waals surface area contributed by atoms with Gasteiger partial charge in [-0.15, -0.1) is 0 Å². The van der Waals surface area contributed by atoms with Crippen molar-refractivity contribution in [3.8, 4) is 77.9 Å². The van der Waals surface area contributed by atoms with Crippen LogP contribution in [0.25, 0.3) is 121 Å². The first-order valence-corrected chi connectivity index (χ1v) is 20.2. The summed E-state index contributed by atoms with van der Waals surface area (Å²) in [4.78, 5) is 0. The third-order valence-corrected chi connectivity index (χ3v) is 12.4. The Morgan fingerprint density at radius 2 is 0.534 bits per heavy atom. The summed E-state index contributed by atoms with van der Waals surface area (Å²) in [6.45, 7) is 0. The van der Waals surface area contributed by atoms with Crippen molar-refractivity contribution in [3.63, 3.8) is 0 Å². The van der Waals surface area contributed by atoms with Crippen molar-refractivity contribution < 1.29 is 0 Å². The number of benzene rings is 11. The Morgan fingerprint density at radius 3 is 1.05 bits per heavy atom. The molecular weight excluding hydrogens is 697 g/mol. The van der Waals surface area contributed by atoms with Crippen LogP contribution in [0.5, 0.6) is 0 Å². The van der Waals surface area contributed by atoms with E-state index in [0.717, 1.165) is 0 Å². The molecule has 0 spiro atoms. The van der Waals surface area contributed by atoms with Crippen LogP contribution in [0.15, 0.2) is 218 Å². The van der Waals surface area contributed by atoms with E-state index in [1.54, 1.807) is 0 Å². The standard InChI is InChI=1S/C58H36/c1-4-17-38(18-5-1)51-44-25-10-12-27-46(44)52(47-28-13-11-26-45(47)51)42-35-33-37(34-36-42)43-29-16-32-50-54(40-19-6-2-7-20-40)57-48-30-14-23-39-24-15-31-49(53(39)48)58(57)55(56(43)50)41-21-8-3-9-22-41/h1-36H. The molecule has 0 nitrogen and oxygen atoms in total. The van der Waals surface area contributed by atoms with Gasteiger partial charge in [0.15, 0.2) is 0 Å². The Kier molecular flexibility index (Phi) is 7.33. The molecule has 12 rings (SSSR count). The van der Waals surface area contributed by atoms with Gasteiger partial charge in [0, 0.05) is 0 Å². The maximum atomic E-state index is 2.35. The van der Waals surface area contributed by atoms with Crippen LogP contribution in [-0.2, 0) is 0 Å². The second-order valence-corrected chi connectivity index (χ2v) is 15.5. The molecule has 1 aliphatic rings. The van der Waals surface area contributed by atoms with Crippen LogP contribution < -0.4 is 0 Å². The fraction of sp³-hybridized carbons (Fsp3) is 0. The molecule has 0 saturated carbocycles. The van der Waals surface area contributed by atoms with Gasteiger partial charge in [-0.1, -0.05) is 218 Å². The first-order valence-electron chi connectivity index (χ1n) is 20.2. The van der Waals surface area contributed by atoms with Gasteiger partial charge in [-0.05, 0) is 121 Å².